The normalized spacial score (nSPS) is 12.5. The predicted molar refractivity (Wildman–Crippen MR) is 146 cm³/mol. The number of hydrogen-bond acceptors (Lipinski definition) is 3. The van der Waals surface area contributed by atoms with Crippen LogP contribution >= 0.6 is 31.9 Å². The smallest absolute Gasteiger partial charge is 0.133 e. The Morgan fingerprint density at radius 1 is 0.667 bits per heavy atom. The molecule has 0 saturated carbocycles. The summed E-state index contributed by atoms with van der Waals surface area (Å²) in [6, 6.07) is 20.9. The Labute approximate surface area is 213 Å². The number of fused-ring (bicyclic) bond motifs is 2. The third-order valence-electron chi connectivity index (χ3n) is 5.42. The molecule has 0 aliphatic carbocycles. The highest BCUT2D eigenvalue weighted by molar-refractivity contribution is 9.10. The highest BCUT2D eigenvalue weighted by atomic mass is 79.9. The van der Waals surface area contributed by atoms with E-state index in [9.17, 15) is 0 Å². The maximum atomic E-state index is 5.26. The summed E-state index contributed by atoms with van der Waals surface area (Å²) in [7, 11) is 3.37. The van der Waals surface area contributed by atoms with E-state index in [-0.39, 0.29) is 0 Å². The van der Waals surface area contributed by atoms with Crippen molar-refractivity contribution in [3.63, 3.8) is 0 Å². The van der Waals surface area contributed by atoms with Gasteiger partial charge in [-0.1, -0.05) is 51.8 Å². The van der Waals surface area contributed by atoms with Gasteiger partial charge in [-0.05, 0) is 100 Å². The average Bonchev–Trinajstić information content (AvgIpc) is 3.40. The summed E-state index contributed by atoms with van der Waals surface area (Å²) < 4.78 is 17.5. The number of ether oxygens (including phenoxy) is 3. The Hall–Kier alpha value is -2.08. The summed E-state index contributed by atoms with van der Waals surface area (Å²) in [5.74, 6) is 1.77. The third kappa shape index (κ3) is 7.20. The second-order valence-electron chi connectivity index (χ2n) is 7.97. The van der Waals surface area contributed by atoms with Crippen molar-refractivity contribution in [2.75, 3.05) is 27.4 Å². The number of methoxy groups -OCH3 is 2. The van der Waals surface area contributed by atoms with E-state index in [2.05, 4.69) is 94.2 Å². The van der Waals surface area contributed by atoms with E-state index in [0.29, 0.717) is 0 Å². The van der Waals surface area contributed by atoms with Gasteiger partial charge in [0.15, 0.2) is 0 Å². The molecule has 33 heavy (non-hydrogen) atoms. The highest BCUT2D eigenvalue weighted by Crippen LogP contribution is 2.32. The van der Waals surface area contributed by atoms with Gasteiger partial charge in [0.25, 0.3) is 0 Å². The van der Waals surface area contributed by atoms with Gasteiger partial charge in [-0.2, -0.15) is 0 Å². The quantitative estimate of drug-likeness (QED) is 0.240. The van der Waals surface area contributed by atoms with Crippen molar-refractivity contribution in [1.82, 2.24) is 0 Å². The molecule has 1 saturated heterocycles. The van der Waals surface area contributed by atoms with Crippen LogP contribution in [0.5, 0.6) is 11.5 Å². The molecule has 1 aliphatic heterocycles. The molecular formula is C28H30Br2O3. The van der Waals surface area contributed by atoms with E-state index in [4.69, 9.17) is 14.2 Å². The molecule has 4 aromatic rings. The molecule has 0 unspecified atom stereocenters. The Bertz CT molecular complexity index is 1210. The minimum Gasteiger partial charge on any atom is -0.497 e. The molecule has 5 rings (SSSR count). The molecule has 1 aliphatic rings. The third-order valence-corrected chi connectivity index (χ3v) is 6.89. The second kappa shape index (κ2) is 12.4. The molecule has 4 aromatic carbocycles. The monoisotopic (exact) mass is 572 g/mol. The van der Waals surface area contributed by atoms with Crippen molar-refractivity contribution in [2.24, 2.45) is 0 Å². The Balaban J connectivity index is 0.000000155. The van der Waals surface area contributed by atoms with E-state index < -0.39 is 0 Å². The summed E-state index contributed by atoms with van der Waals surface area (Å²) in [5, 5.41) is 4.88. The van der Waals surface area contributed by atoms with Crippen LogP contribution in [0.15, 0.2) is 69.6 Å². The van der Waals surface area contributed by atoms with Crippen molar-refractivity contribution >= 4 is 53.4 Å². The minimum absolute atomic E-state index is 0.859. The van der Waals surface area contributed by atoms with Crippen LogP contribution in [-0.2, 0) is 4.74 Å². The first kappa shape index (κ1) is 25.5. The molecule has 1 fully saturated rings. The SMILES string of the molecule is C1CCOC1.COc1cc2cc(Br)c(C)cc2cc1Br.COc1ccc2cc(C)ccc2c1. The van der Waals surface area contributed by atoms with E-state index in [1.54, 1.807) is 14.2 Å². The molecule has 0 N–H and O–H groups in total. The van der Waals surface area contributed by atoms with E-state index in [1.165, 1.54) is 45.5 Å². The molecular weight excluding hydrogens is 544 g/mol. The molecule has 0 atom stereocenters. The summed E-state index contributed by atoms with van der Waals surface area (Å²) in [4.78, 5) is 0. The van der Waals surface area contributed by atoms with Gasteiger partial charge in [0.1, 0.15) is 11.5 Å². The van der Waals surface area contributed by atoms with Crippen LogP contribution in [0, 0.1) is 13.8 Å². The van der Waals surface area contributed by atoms with Crippen molar-refractivity contribution in [1.29, 1.82) is 0 Å². The largest absolute Gasteiger partial charge is 0.497 e. The zero-order chi connectivity index (χ0) is 23.8. The first-order valence-corrected chi connectivity index (χ1v) is 12.6. The lowest BCUT2D eigenvalue weighted by molar-refractivity contribution is 0.198. The Morgan fingerprint density at radius 3 is 1.94 bits per heavy atom. The predicted octanol–water partition coefficient (Wildman–Crippen LogP) is 8.64. The van der Waals surface area contributed by atoms with Crippen LogP contribution in [0.1, 0.15) is 24.0 Å². The number of rotatable bonds is 2. The Morgan fingerprint density at radius 2 is 1.30 bits per heavy atom. The molecule has 174 valence electrons. The fourth-order valence-corrected chi connectivity index (χ4v) is 4.41. The first-order chi connectivity index (χ1) is 15.9. The zero-order valence-corrected chi connectivity index (χ0v) is 22.8. The number of benzene rings is 4. The maximum absolute atomic E-state index is 5.26. The van der Waals surface area contributed by atoms with Crippen molar-refractivity contribution in [2.45, 2.75) is 26.7 Å². The van der Waals surface area contributed by atoms with E-state index >= 15 is 0 Å². The molecule has 0 bridgehead atoms. The number of hydrogen-bond donors (Lipinski definition) is 0. The fraction of sp³-hybridized carbons (Fsp3) is 0.286. The lowest BCUT2D eigenvalue weighted by atomic mass is 10.1. The van der Waals surface area contributed by atoms with Gasteiger partial charge in [0.2, 0.25) is 0 Å². The topological polar surface area (TPSA) is 27.7 Å². The fourth-order valence-electron chi connectivity index (χ4n) is 3.52. The van der Waals surface area contributed by atoms with Gasteiger partial charge >= 0.3 is 0 Å². The van der Waals surface area contributed by atoms with Crippen molar-refractivity contribution < 1.29 is 14.2 Å². The van der Waals surface area contributed by atoms with Gasteiger partial charge < -0.3 is 14.2 Å². The number of aryl methyl sites for hydroxylation is 2. The summed E-state index contributed by atoms with van der Waals surface area (Å²) in [6.07, 6.45) is 2.56. The highest BCUT2D eigenvalue weighted by Gasteiger charge is 2.05. The lowest BCUT2D eigenvalue weighted by Crippen LogP contribution is -1.86. The average molecular weight is 574 g/mol. The van der Waals surface area contributed by atoms with E-state index in [1.807, 2.05) is 12.1 Å². The van der Waals surface area contributed by atoms with Crippen LogP contribution in [0.2, 0.25) is 0 Å². The molecule has 0 spiro atoms. The molecule has 1 heterocycles. The minimum atomic E-state index is 0.859. The van der Waals surface area contributed by atoms with Crippen molar-refractivity contribution in [3.05, 3.63) is 80.7 Å². The van der Waals surface area contributed by atoms with Crippen LogP contribution < -0.4 is 9.47 Å². The van der Waals surface area contributed by atoms with Crippen LogP contribution in [0.3, 0.4) is 0 Å². The zero-order valence-electron chi connectivity index (χ0n) is 19.6. The Kier molecular flexibility index (Phi) is 9.60. The van der Waals surface area contributed by atoms with Crippen LogP contribution in [0.4, 0.5) is 0 Å². The molecule has 0 amide bonds. The summed E-state index contributed by atoms with van der Waals surface area (Å²) >= 11 is 7.01. The van der Waals surface area contributed by atoms with Gasteiger partial charge in [-0.3, -0.25) is 0 Å². The molecule has 5 heteroatoms. The maximum Gasteiger partial charge on any atom is 0.133 e. The molecule has 0 aromatic heterocycles. The number of halogens is 2. The van der Waals surface area contributed by atoms with Crippen molar-refractivity contribution in [3.8, 4) is 11.5 Å². The van der Waals surface area contributed by atoms with Gasteiger partial charge in [0, 0.05) is 17.7 Å². The first-order valence-electron chi connectivity index (χ1n) is 11.0. The van der Waals surface area contributed by atoms with Gasteiger partial charge in [-0.15, -0.1) is 0 Å². The van der Waals surface area contributed by atoms with Gasteiger partial charge in [0.05, 0.1) is 18.7 Å². The van der Waals surface area contributed by atoms with Crippen LogP contribution in [0.25, 0.3) is 21.5 Å². The summed E-state index contributed by atoms with van der Waals surface area (Å²) in [6.45, 7) is 6.19. The van der Waals surface area contributed by atoms with Gasteiger partial charge in [-0.25, -0.2) is 0 Å². The molecule has 0 radical (unpaired) electrons. The lowest BCUT2D eigenvalue weighted by Gasteiger charge is -2.07. The van der Waals surface area contributed by atoms with Crippen LogP contribution in [-0.4, -0.2) is 27.4 Å². The molecule has 3 nitrogen and oxygen atoms in total. The van der Waals surface area contributed by atoms with E-state index in [0.717, 1.165) is 33.7 Å². The standard InChI is InChI=1S/C12H10Br2O.C12H12O.C4H8O/c1-7-3-8-5-11(14)12(15-2)6-9(8)4-10(7)13;1-9-3-4-11-8-12(13-2)6-5-10(11)7-9;1-2-4-5-3-1/h3-6H,1-2H3;3-8H,1-2H3;1-4H2. The second-order valence-corrected chi connectivity index (χ2v) is 9.68. The summed E-state index contributed by atoms with van der Waals surface area (Å²) in [5.41, 5.74) is 2.53.